The second kappa shape index (κ2) is 7.17. The van der Waals surface area contributed by atoms with E-state index in [0.717, 1.165) is 12.8 Å². The Bertz CT molecular complexity index is 938. The van der Waals surface area contributed by atoms with Crippen molar-refractivity contribution in [1.29, 1.82) is 0 Å². The first-order valence-corrected chi connectivity index (χ1v) is 9.70. The number of aromatic amines is 1. The van der Waals surface area contributed by atoms with Crippen molar-refractivity contribution in [2.24, 2.45) is 0 Å². The molecule has 1 amide bonds. The van der Waals surface area contributed by atoms with Crippen LogP contribution in [0.3, 0.4) is 0 Å². The van der Waals surface area contributed by atoms with Gasteiger partial charge in [0.2, 0.25) is 0 Å². The average Bonchev–Trinajstić information content (AvgIpc) is 3.29. The summed E-state index contributed by atoms with van der Waals surface area (Å²) in [5, 5.41) is 2.43. The van der Waals surface area contributed by atoms with Gasteiger partial charge < -0.3 is 0 Å². The van der Waals surface area contributed by atoms with E-state index in [1.165, 1.54) is 11.0 Å². The molecular weight excluding hydrogens is 381 g/mol. The monoisotopic (exact) mass is 404 g/mol. The fraction of sp³-hybridized carbons (Fsp3) is 0.381. The summed E-state index contributed by atoms with van der Waals surface area (Å²) < 4.78 is 43.2. The summed E-state index contributed by atoms with van der Waals surface area (Å²) in [5.74, 6) is -0.713. The Morgan fingerprint density at radius 3 is 2.38 bits per heavy atom. The lowest BCUT2D eigenvalue weighted by Gasteiger charge is -2.23. The molecule has 1 aliphatic carbocycles. The molecule has 3 N–H and O–H groups in total. The van der Waals surface area contributed by atoms with E-state index < -0.39 is 17.7 Å². The van der Waals surface area contributed by atoms with E-state index in [0.29, 0.717) is 24.1 Å². The van der Waals surface area contributed by atoms with Crippen LogP contribution in [0.4, 0.5) is 19.0 Å². The first-order valence-electron chi connectivity index (χ1n) is 9.70. The smallest absolute Gasteiger partial charge is 0.245 e. The van der Waals surface area contributed by atoms with Crippen LogP contribution in [0.1, 0.15) is 36.9 Å². The highest BCUT2D eigenvalue weighted by molar-refractivity contribution is 6.11. The number of aromatic nitrogens is 1. The molecule has 0 spiro atoms. The third-order valence-corrected chi connectivity index (χ3v) is 5.51. The van der Waals surface area contributed by atoms with Crippen LogP contribution in [-0.2, 0) is 4.79 Å². The molecule has 29 heavy (non-hydrogen) atoms. The topological polar surface area (TPSA) is 60.5 Å². The summed E-state index contributed by atoms with van der Waals surface area (Å²) in [4.78, 5) is 20.1. The van der Waals surface area contributed by atoms with E-state index in [9.17, 15) is 18.0 Å². The number of benzene rings is 1. The number of amides is 1. The number of carbonyl (C=O) groups is 1. The number of amidine groups is 1. The van der Waals surface area contributed by atoms with Gasteiger partial charge in [0.1, 0.15) is 6.04 Å². The number of H-pyrrole nitrogens is 1. The second-order valence-electron chi connectivity index (χ2n) is 7.57. The number of alkyl halides is 3. The van der Waals surface area contributed by atoms with Crippen LogP contribution >= 0.6 is 0 Å². The van der Waals surface area contributed by atoms with Crippen LogP contribution in [-0.4, -0.2) is 34.5 Å². The second-order valence-corrected chi connectivity index (χ2v) is 7.57. The summed E-state index contributed by atoms with van der Waals surface area (Å²) >= 11 is 0. The van der Waals surface area contributed by atoms with E-state index in [2.05, 4.69) is 15.3 Å². The Hall–Kier alpha value is -2.90. The van der Waals surface area contributed by atoms with Gasteiger partial charge in [0, 0.05) is 6.07 Å². The molecular formula is C21H23F3N4O+2. The molecule has 1 aromatic heterocycles. The van der Waals surface area contributed by atoms with Crippen molar-refractivity contribution in [2.45, 2.75) is 50.5 Å². The molecule has 8 heteroatoms. The number of carbonyl (C=O) groups excluding carboxylic acids is 1. The Morgan fingerprint density at radius 1 is 1.07 bits per heavy atom. The predicted octanol–water partition coefficient (Wildman–Crippen LogP) is 1.79. The van der Waals surface area contributed by atoms with Gasteiger partial charge in [-0.25, -0.2) is 20.1 Å². The standard InChI is InChI=1S/C21H21F3N4O/c1-14-8-7-13-17(25-14)26-20(21(22,23)24)19(29)28(16-11-5-6-12-16)18(27-20)15-9-3-2-4-10-15/h2-4,7-10,13,16H,5-6,11-12H2,1H3,(H,25,26)/p+2/t20-/m1/s1. The number of rotatable bonds is 4. The average molecular weight is 404 g/mol. The third kappa shape index (κ3) is 3.36. The maximum absolute atomic E-state index is 14.4. The Kier molecular flexibility index (Phi) is 4.80. The Balaban J connectivity index is 1.85. The maximum atomic E-state index is 14.4. The van der Waals surface area contributed by atoms with Crippen LogP contribution in [0.15, 0.2) is 48.5 Å². The molecule has 2 heterocycles. The van der Waals surface area contributed by atoms with Crippen molar-refractivity contribution in [3.05, 3.63) is 59.8 Å². The number of halogens is 3. The van der Waals surface area contributed by atoms with Crippen LogP contribution < -0.4 is 15.3 Å². The first kappa shape index (κ1) is 19.4. The molecule has 1 atom stereocenters. The van der Waals surface area contributed by atoms with Crippen molar-refractivity contribution in [1.82, 2.24) is 4.90 Å². The number of nitrogens with one attached hydrogen (secondary N) is 3. The van der Waals surface area contributed by atoms with Gasteiger partial charge in [0.15, 0.2) is 0 Å². The number of pyridine rings is 1. The fourth-order valence-electron chi connectivity index (χ4n) is 4.10. The number of hydrogen-bond donors (Lipinski definition) is 2. The molecule has 1 aromatic carbocycles. The molecule has 1 aliphatic heterocycles. The van der Waals surface area contributed by atoms with Gasteiger partial charge in [-0.1, -0.05) is 24.3 Å². The van der Waals surface area contributed by atoms with Crippen LogP contribution in [0.25, 0.3) is 0 Å². The zero-order valence-electron chi connectivity index (χ0n) is 16.0. The van der Waals surface area contributed by atoms with Crippen molar-refractivity contribution < 1.29 is 27.9 Å². The largest absolute Gasteiger partial charge is 0.488 e. The predicted molar refractivity (Wildman–Crippen MR) is 101 cm³/mol. The minimum atomic E-state index is -4.87. The molecule has 0 saturated heterocycles. The summed E-state index contributed by atoms with van der Waals surface area (Å²) in [5.41, 5.74) is -1.71. The number of aryl methyl sites for hydroxylation is 1. The van der Waals surface area contributed by atoms with Crippen molar-refractivity contribution in [3.8, 4) is 0 Å². The van der Waals surface area contributed by atoms with Gasteiger partial charge in [-0.3, -0.25) is 0 Å². The van der Waals surface area contributed by atoms with E-state index in [1.807, 2.05) is 0 Å². The van der Waals surface area contributed by atoms with Gasteiger partial charge in [0.25, 0.3) is 11.7 Å². The maximum Gasteiger partial charge on any atom is 0.488 e. The molecule has 152 valence electrons. The molecule has 1 fully saturated rings. The fourth-order valence-corrected chi connectivity index (χ4v) is 4.10. The zero-order chi connectivity index (χ0) is 20.6. The summed E-state index contributed by atoms with van der Waals surface area (Å²) in [6, 6.07) is 13.3. The molecule has 2 aromatic rings. The lowest BCUT2D eigenvalue weighted by atomic mass is 10.1. The first-order chi connectivity index (χ1) is 13.8. The van der Waals surface area contributed by atoms with Crippen LogP contribution in [0.2, 0.25) is 0 Å². The quantitative estimate of drug-likeness (QED) is 0.816. The lowest BCUT2D eigenvalue weighted by molar-refractivity contribution is -0.568. The van der Waals surface area contributed by atoms with Crippen molar-refractivity contribution in [3.63, 3.8) is 0 Å². The molecule has 5 nitrogen and oxygen atoms in total. The van der Waals surface area contributed by atoms with Crippen LogP contribution in [0, 0.1) is 6.92 Å². The minimum Gasteiger partial charge on any atom is -0.245 e. The highest BCUT2D eigenvalue weighted by Gasteiger charge is 2.76. The normalized spacial score (nSPS) is 22.8. The summed E-state index contributed by atoms with van der Waals surface area (Å²) in [6.07, 6.45) is -1.69. The molecule has 0 radical (unpaired) electrons. The molecule has 0 unspecified atom stereocenters. The van der Waals surface area contributed by atoms with Gasteiger partial charge >= 0.3 is 17.7 Å². The SMILES string of the molecule is Cc1cccc(N[C@@]2(C(F)(F)F)[NH+]=C(c3ccccc3)N(C3CCCC3)C2=O)[nH+]1. The number of anilines is 1. The zero-order valence-corrected chi connectivity index (χ0v) is 16.0. The van der Waals surface area contributed by atoms with Crippen LogP contribution in [0.5, 0.6) is 0 Å². The highest BCUT2D eigenvalue weighted by atomic mass is 19.4. The Labute approximate surface area is 166 Å². The van der Waals surface area contributed by atoms with Gasteiger partial charge in [0.05, 0.1) is 11.3 Å². The van der Waals surface area contributed by atoms with Gasteiger partial charge in [-0.15, -0.1) is 0 Å². The van der Waals surface area contributed by atoms with E-state index in [-0.39, 0.29) is 17.7 Å². The van der Waals surface area contributed by atoms with E-state index in [1.54, 1.807) is 49.4 Å². The van der Waals surface area contributed by atoms with Gasteiger partial charge in [-0.05, 0) is 50.8 Å². The summed E-state index contributed by atoms with van der Waals surface area (Å²) in [7, 11) is 0. The number of nitrogens with zero attached hydrogens (tertiary/aromatic N) is 1. The van der Waals surface area contributed by atoms with Crippen molar-refractivity contribution >= 4 is 17.6 Å². The molecule has 0 bridgehead atoms. The molecule has 4 rings (SSSR count). The van der Waals surface area contributed by atoms with E-state index in [4.69, 9.17) is 0 Å². The summed E-state index contributed by atoms with van der Waals surface area (Å²) in [6.45, 7) is 1.74. The molecule has 2 aliphatic rings. The van der Waals surface area contributed by atoms with Gasteiger partial charge in [-0.2, -0.15) is 18.1 Å². The number of hydrogen-bond acceptors (Lipinski definition) is 2. The minimum absolute atomic E-state index is 0.115. The third-order valence-electron chi connectivity index (χ3n) is 5.51. The molecule has 1 saturated carbocycles. The highest BCUT2D eigenvalue weighted by Crippen LogP contribution is 2.35. The van der Waals surface area contributed by atoms with Crippen molar-refractivity contribution in [2.75, 3.05) is 5.32 Å². The van der Waals surface area contributed by atoms with E-state index >= 15 is 0 Å². The Morgan fingerprint density at radius 2 is 1.76 bits per heavy atom. The lowest BCUT2D eigenvalue weighted by Crippen LogP contribution is -2.94.